The monoisotopic (exact) mass is 218 g/mol. The summed E-state index contributed by atoms with van der Waals surface area (Å²) in [7, 11) is 0. The molecule has 2 heteroatoms. The number of allylic oxidation sites excluding steroid dienone is 1. The summed E-state index contributed by atoms with van der Waals surface area (Å²) in [5.74, 6) is 0.240. The van der Waals surface area contributed by atoms with Crippen LogP contribution in [0.1, 0.15) is 18.9 Å². The maximum Gasteiger partial charge on any atom is 0.0800 e. The van der Waals surface area contributed by atoms with Gasteiger partial charge in [-0.1, -0.05) is 36.4 Å². The molecule has 2 rings (SSSR count). The van der Waals surface area contributed by atoms with Crippen molar-refractivity contribution in [2.75, 3.05) is 6.61 Å². The van der Waals surface area contributed by atoms with E-state index in [4.69, 9.17) is 4.74 Å². The topological polar surface area (TPSA) is 29.5 Å². The van der Waals surface area contributed by atoms with E-state index in [9.17, 15) is 5.11 Å². The van der Waals surface area contributed by atoms with Gasteiger partial charge in [0.15, 0.2) is 0 Å². The quantitative estimate of drug-likeness (QED) is 0.787. The third kappa shape index (κ3) is 2.71. The van der Waals surface area contributed by atoms with Gasteiger partial charge < -0.3 is 9.84 Å². The predicted molar refractivity (Wildman–Crippen MR) is 64.0 cm³/mol. The Labute approximate surface area is 96.6 Å². The largest absolute Gasteiger partial charge is 0.388 e. The number of hydrogen-bond donors (Lipinski definition) is 1. The van der Waals surface area contributed by atoms with Crippen LogP contribution < -0.4 is 0 Å². The fourth-order valence-corrected chi connectivity index (χ4v) is 2.02. The Morgan fingerprint density at radius 3 is 2.69 bits per heavy atom. The van der Waals surface area contributed by atoms with Crippen molar-refractivity contribution in [1.82, 2.24) is 0 Å². The minimum absolute atomic E-state index is 0.240. The molecule has 1 aliphatic carbocycles. The highest BCUT2D eigenvalue weighted by atomic mass is 16.5. The van der Waals surface area contributed by atoms with E-state index in [1.165, 1.54) is 5.56 Å². The number of ether oxygens (including phenoxy) is 1. The Bertz CT molecular complexity index is 356. The summed E-state index contributed by atoms with van der Waals surface area (Å²) in [5, 5.41) is 9.81. The highest BCUT2D eigenvalue weighted by Crippen LogP contribution is 2.25. The molecular formula is C14H18O2. The third-order valence-electron chi connectivity index (χ3n) is 3.10. The molecular weight excluding hydrogens is 200 g/mol. The van der Waals surface area contributed by atoms with Gasteiger partial charge in [0.25, 0.3) is 0 Å². The van der Waals surface area contributed by atoms with Crippen molar-refractivity contribution >= 4 is 0 Å². The van der Waals surface area contributed by atoms with Gasteiger partial charge in [-0.15, -0.1) is 0 Å². The second-order valence-corrected chi connectivity index (χ2v) is 4.39. The Morgan fingerprint density at radius 2 is 2.06 bits per heavy atom. The molecule has 2 atom stereocenters. The van der Waals surface area contributed by atoms with E-state index in [0.29, 0.717) is 13.2 Å². The minimum Gasteiger partial charge on any atom is -0.388 e. The fraction of sp³-hybridized carbons (Fsp3) is 0.429. The van der Waals surface area contributed by atoms with E-state index in [2.05, 4.69) is 18.2 Å². The van der Waals surface area contributed by atoms with Crippen LogP contribution in [0.2, 0.25) is 0 Å². The molecule has 0 aliphatic heterocycles. The molecule has 0 aromatic heterocycles. The van der Waals surface area contributed by atoms with Crippen molar-refractivity contribution in [3.05, 3.63) is 47.5 Å². The van der Waals surface area contributed by atoms with Gasteiger partial charge in [0.2, 0.25) is 0 Å². The molecule has 0 amide bonds. The highest BCUT2D eigenvalue weighted by Gasteiger charge is 2.24. The summed E-state index contributed by atoms with van der Waals surface area (Å²) in [4.78, 5) is 0. The van der Waals surface area contributed by atoms with E-state index < -0.39 is 0 Å². The first-order chi connectivity index (χ1) is 7.77. The van der Waals surface area contributed by atoms with Gasteiger partial charge in [-0.3, -0.25) is 0 Å². The van der Waals surface area contributed by atoms with E-state index in [0.717, 1.165) is 12.0 Å². The van der Waals surface area contributed by atoms with Gasteiger partial charge in [-0.05, 0) is 24.5 Å². The second kappa shape index (κ2) is 5.28. The average Bonchev–Trinajstić information content (AvgIpc) is 2.62. The van der Waals surface area contributed by atoms with Gasteiger partial charge >= 0.3 is 0 Å². The van der Waals surface area contributed by atoms with E-state index in [1.54, 1.807) is 0 Å². The molecule has 1 aromatic carbocycles. The molecule has 0 spiro atoms. The van der Waals surface area contributed by atoms with Crippen LogP contribution in [0.4, 0.5) is 0 Å². The van der Waals surface area contributed by atoms with Gasteiger partial charge in [0, 0.05) is 5.92 Å². The van der Waals surface area contributed by atoms with Crippen LogP contribution >= 0.6 is 0 Å². The standard InChI is InChI=1S/C14H18O2/c1-11-7-8-13(14(11)15)10-16-9-12-5-3-2-4-6-12/h2-7,13-15H,8-10H2,1H3/t13-,14-/m0/s1. The lowest BCUT2D eigenvalue weighted by Gasteiger charge is -2.16. The van der Waals surface area contributed by atoms with E-state index in [1.807, 2.05) is 25.1 Å². The lowest BCUT2D eigenvalue weighted by atomic mass is 10.0. The van der Waals surface area contributed by atoms with Crippen molar-refractivity contribution in [1.29, 1.82) is 0 Å². The zero-order chi connectivity index (χ0) is 11.4. The lowest BCUT2D eigenvalue weighted by molar-refractivity contribution is 0.0434. The van der Waals surface area contributed by atoms with Gasteiger partial charge in [0.05, 0.1) is 19.3 Å². The summed E-state index contributed by atoms with van der Waals surface area (Å²) >= 11 is 0. The van der Waals surface area contributed by atoms with Crippen molar-refractivity contribution in [3.8, 4) is 0 Å². The molecule has 16 heavy (non-hydrogen) atoms. The van der Waals surface area contributed by atoms with Crippen LogP contribution in [0.3, 0.4) is 0 Å². The number of rotatable bonds is 4. The summed E-state index contributed by atoms with van der Waals surface area (Å²) in [5.41, 5.74) is 2.26. The number of aliphatic hydroxyl groups is 1. The van der Waals surface area contributed by atoms with Crippen molar-refractivity contribution in [2.24, 2.45) is 5.92 Å². The van der Waals surface area contributed by atoms with Crippen molar-refractivity contribution in [2.45, 2.75) is 26.1 Å². The maximum absolute atomic E-state index is 9.81. The van der Waals surface area contributed by atoms with Crippen LogP contribution in [-0.4, -0.2) is 17.8 Å². The van der Waals surface area contributed by atoms with Crippen molar-refractivity contribution in [3.63, 3.8) is 0 Å². The van der Waals surface area contributed by atoms with Crippen LogP contribution in [-0.2, 0) is 11.3 Å². The summed E-state index contributed by atoms with van der Waals surface area (Å²) in [6, 6.07) is 10.1. The molecule has 1 aliphatic rings. The highest BCUT2D eigenvalue weighted by molar-refractivity contribution is 5.15. The van der Waals surface area contributed by atoms with Crippen LogP contribution in [0.5, 0.6) is 0 Å². The molecule has 0 bridgehead atoms. The molecule has 86 valence electrons. The zero-order valence-corrected chi connectivity index (χ0v) is 9.60. The summed E-state index contributed by atoms with van der Waals surface area (Å²) < 4.78 is 5.63. The SMILES string of the molecule is CC1=CC[C@@H](COCc2ccccc2)[C@H]1O. The molecule has 0 fully saturated rings. The number of benzene rings is 1. The molecule has 0 radical (unpaired) electrons. The van der Waals surface area contributed by atoms with Crippen LogP contribution in [0.15, 0.2) is 42.0 Å². The smallest absolute Gasteiger partial charge is 0.0800 e. The van der Waals surface area contributed by atoms with E-state index in [-0.39, 0.29) is 12.0 Å². The first kappa shape index (κ1) is 11.4. The van der Waals surface area contributed by atoms with Gasteiger partial charge in [-0.2, -0.15) is 0 Å². The fourth-order valence-electron chi connectivity index (χ4n) is 2.02. The Hall–Kier alpha value is -1.12. The van der Waals surface area contributed by atoms with Crippen molar-refractivity contribution < 1.29 is 9.84 Å². The summed E-state index contributed by atoms with van der Waals surface area (Å²) in [6.07, 6.45) is 2.72. The molecule has 2 nitrogen and oxygen atoms in total. The van der Waals surface area contributed by atoms with E-state index >= 15 is 0 Å². The van der Waals surface area contributed by atoms with Crippen LogP contribution in [0.25, 0.3) is 0 Å². The molecule has 1 aromatic rings. The maximum atomic E-state index is 9.81. The molecule has 0 saturated heterocycles. The zero-order valence-electron chi connectivity index (χ0n) is 9.60. The Morgan fingerprint density at radius 1 is 1.31 bits per heavy atom. The average molecular weight is 218 g/mol. The third-order valence-corrected chi connectivity index (χ3v) is 3.10. The first-order valence-electron chi connectivity index (χ1n) is 5.74. The Balaban J connectivity index is 1.74. The van der Waals surface area contributed by atoms with Gasteiger partial charge in [0.1, 0.15) is 0 Å². The minimum atomic E-state index is -0.309. The molecule has 0 unspecified atom stereocenters. The lowest BCUT2D eigenvalue weighted by Crippen LogP contribution is -2.21. The Kier molecular flexibility index (Phi) is 3.75. The predicted octanol–water partition coefficient (Wildman–Crippen LogP) is 2.53. The normalized spacial score (nSPS) is 24.5. The summed E-state index contributed by atoms with van der Waals surface area (Å²) in [6.45, 7) is 3.23. The number of hydrogen-bond acceptors (Lipinski definition) is 2. The molecule has 0 saturated carbocycles. The molecule has 0 heterocycles. The first-order valence-corrected chi connectivity index (χ1v) is 5.74. The molecule has 1 N–H and O–H groups in total. The number of aliphatic hydroxyl groups excluding tert-OH is 1. The second-order valence-electron chi connectivity index (χ2n) is 4.39. The van der Waals surface area contributed by atoms with Gasteiger partial charge in [-0.25, -0.2) is 0 Å². The van der Waals surface area contributed by atoms with Crippen LogP contribution in [0, 0.1) is 5.92 Å².